The molecule has 2 fully saturated rings. The van der Waals surface area contributed by atoms with E-state index in [4.69, 9.17) is 14.2 Å². The van der Waals surface area contributed by atoms with E-state index in [1.165, 1.54) is 12.0 Å². The molecule has 2 aliphatic heterocycles. The van der Waals surface area contributed by atoms with Gasteiger partial charge in [-0.3, -0.25) is 9.59 Å². The molecule has 1 unspecified atom stereocenters. The molecule has 0 spiro atoms. The molecule has 2 aromatic rings. The molecule has 2 N–H and O–H groups in total. The van der Waals surface area contributed by atoms with Crippen LogP contribution in [0.3, 0.4) is 0 Å². The number of methoxy groups -OCH3 is 2. The topological polar surface area (TPSA) is 89.7 Å². The van der Waals surface area contributed by atoms with E-state index in [9.17, 15) is 14.7 Å². The van der Waals surface area contributed by atoms with Gasteiger partial charge in [0.05, 0.1) is 45.6 Å². The van der Waals surface area contributed by atoms with Crippen molar-refractivity contribution in [2.75, 3.05) is 53.6 Å². The van der Waals surface area contributed by atoms with Crippen LogP contribution in [0.25, 0.3) is 5.76 Å². The Balaban J connectivity index is 1.71. The number of aryl methyl sites for hydroxylation is 1. The minimum absolute atomic E-state index is 0.0878. The average Bonchev–Trinajstić information content (AvgIpc) is 3.14. The number of nitrogens with zero attached hydrogens (tertiary/aromatic N) is 1. The van der Waals surface area contributed by atoms with E-state index in [-0.39, 0.29) is 11.3 Å². The molecule has 1 amide bonds. The molecule has 4 rings (SSSR count). The first-order valence-electron chi connectivity index (χ1n) is 11.9. The Hall–Kier alpha value is -3.36. The fourth-order valence-corrected chi connectivity index (χ4v) is 4.76. The standard InChI is InChI=1S/C27H32N2O6/c1-18-5-7-19(8-6-18)25(30)23-24(20-9-10-21(33-2)22(17-20)34-3)29(27(32)26(23)31)12-4-11-28-13-15-35-16-14-28/h5-10,17,24,30H,4,11-16H2,1-3H3/p+1. The molecule has 0 aromatic heterocycles. The third kappa shape index (κ3) is 5.18. The second-order valence-electron chi connectivity index (χ2n) is 8.94. The zero-order valence-electron chi connectivity index (χ0n) is 20.5. The van der Waals surface area contributed by atoms with Crippen molar-refractivity contribution in [2.45, 2.75) is 19.4 Å². The summed E-state index contributed by atoms with van der Waals surface area (Å²) >= 11 is 0. The summed E-state index contributed by atoms with van der Waals surface area (Å²) < 4.78 is 16.3. The number of nitrogens with one attached hydrogen (secondary N) is 1. The van der Waals surface area contributed by atoms with Crippen molar-refractivity contribution in [1.29, 1.82) is 0 Å². The summed E-state index contributed by atoms with van der Waals surface area (Å²) in [5.74, 6) is -0.423. The van der Waals surface area contributed by atoms with Gasteiger partial charge in [0.25, 0.3) is 11.7 Å². The number of hydrogen-bond donors (Lipinski definition) is 2. The largest absolute Gasteiger partial charge is 0.507 e. The Kier molecular flexibility index (Phi) is 7.73. The number of benzene rings is 2. The highest BCUT2D eigenvalue weighted by molar-refractivity contribution is 6.46. The fourth-order valence-electron chi connectivity index (χ4n) is 4.76. The number of carbonyl (C=O) groups is 2. The lowest BCUT2D eigenvalue weighted by Gasteiger charge is -2.28. The van der Waals surface area contributed by atoms with Crippen LogP contribution in [0.2, 0.25) is 0 Å². The summed E-state index contributed by atoms with van der Waals surface area (Å²) in [5.41, 5.74) is 2.29. The van der Waals surface area contributed by atoms with Gasteiger partial charge in [0.15, 0.2) is 11.5 Å². The van der Waals surface area contributed by atoms with Crippen molar-refractivity contribution in [3.05, 3.63) is 64.7 Å². The van der Waals surface area contributed by atoms with E-state index < -0.39 is 17.7 Å². The van der Waals surface area contributed by atoms with Gasteiger partial charge in [0, 0.05) is 18.5 Å². The molecule has 35 heavy (non-hydrogen) atoms. The molecule has 2 saturated heterocycles. The number of carbonyl (C=O) groups excluding carboxylic acids is 2. The molecule has 0 aliphatic carbocycles. The molecular weight excluding hydrogens is 448 g/mol. The average molecular weight is 482 g/mol. The maximum Gasteiger partial charge on any atom is 0.295 e. The van der Waals surface area contributed by atoms with Crippen molar-refractivity contribution in [1.82, 2.24) is 4.90 Å². The van der Waals surface area contributed by atoms with E-state index in [1.54, 1.807) is 42.3 Å². The van der Waals surface area contributed by atoms with Crippen molar-refractivity contribution >= 4 is 17.4 Å². The number of amides is 1. The Morgan fingerprint density at radius 3 is 2.40 bits per heavy atom. The van der Waals surface area contributed by atoms with Gasteiger partial charge in [-0.1, -0.05) is 35.9 Å². The summed E-state index contributed by atoms with van der Waals surface area (Å²) in [6.45, 7) is 6.57. The third-order valence-electron chi connectivity index (χ3n) is 6.72. The van der Waals surface area contributed by atoms with Crippen LogP contribution in [0.4, 0.5) is 0 Å². The van der Waals surface area contributed by atoms with Crippen molar-refractivity contribution in [3.63, 3.8) is 0 Å². The molecule has 2 aliphatic rings. The SMILES string of the molecule is COc1ccc(C2C(=C(O)c3ccc(C)cc3)C(=O)C(=O)N2CCC[NH+]2CCOCC2)cc1OC. The van der Waals surface area contributed by atoms with Crippen molar-refractivity contribution in [3.8, 4) is 11.5 Å². The second-order valence-corrected chi connectivity index (χ2v) is 8.94. The van der Waals surface area contributed by atoms with Crippen LogP contribution in [-0.4, -0.2) is 75.3 Å². The lowest BCUT2D eigenvalue weighted by Crippen LogP contribution is -3.14. The highest BCUT2D eigenvalue weighted by atomic mass is 16.5. The molecule has 8 heteroatoms. The lowest BCUT2D eigenvalue weighted by atomic mass is 9.94. The second kappa shape index (κ2) is 10.9. The van der Waals surface area contributed by atoms with Gasteiger partial charge in [0.2, 0.25) is 0 Å². The predicted molar refractivity (Wildman–Crippen MR) is 131 cm³/mol. The Bertz CT molecular complexity index is 1110. The van der Waals surface area contributed by atoms with E-state index in [0.717, 1.165) is 44.8 Å². The Morgan fingerprint density at radius 2 is 1.74 bits per heavy atom. The number of ketones is 1. The lowest BCUT2D eigenvalue weighted by molar-refractivity contribution is -0.908. The van der Waals surface area contributed by atoms with Crippen molar-refractivity contribution < 1.29 is 33.8 Å². The van der Waals surface area contributed by atoms with Gasteiger partial charge >= 0.3 is 0 Å². The van der Waals surface area contributed by atoms with Gasteiger partial charge in [-0.05, 0) is 24.6 Å². The maximum atomic E-state index is 13.2. The van der Waals surface area contributed by atoms with E-state index in [0.29, 0.717) is 29.2 Å². The molecule has 0 bridgehead atoms. The molecule has 8 nitrogen and oxygen atoms in total. The predicted octanol–water partition coefficient (Wildman–Crippen LogP) is 1.74. The summed E-state index contributed by atoms with van der Waals surface area (Å²) in [7, 11) is 3.09. The zero-order valence-corrected chi connectivity index (χ0v) is 20.5. The smallest absolute Gasteiger partial charge is 0.295 e. The number of ether oxygens (including phenoxy) is 3. The molecule has 0 saturated carbocycles. The van der Waals surface area contributed by atoms with Gasteiger partial charge in [0.1, 0.15) is 18.8 Å². The number of quaternary nitrogens is 1. The monoisotopic (exact) mass is 481 g/mol. The normalized spacial score (nSPS) is 20.3. The van der Waals surface area contributed by atoms with Crippen molar-refractivity contribution in [2.24, 2.45) is 0 Å². The zero-order chi connectivity index (χ0) is 24.9. The number of hydrogen-bond acceptors (Lipinski definition) is 6. The van der Waals surface area contributed by atoms with Crippen LogP contribution in [0.1, 0.15) is 29.2 Å². The van der Waals surface area contributed by atoms with Gasteiger partial charge in [-0.15, -0.1) is 0 Å². The third-order valence-corrected chi connectivity index (χ3v) is 6.72. The minimum atomic E-state index is -0.726. The van der Waals surface area contributed by atoms with Crippen LogP contribution >= 0.6 is 0 Å². The summed E-state index contributed by atoms with van der Waals surface area (Å²) in [4.78, 5) is 29.4. The van der Waals surface area contributed by atoms with Crippen LogP contribution < -0.4 is 14.4 Å². The summed E-state index contributed by atoms with van der Waals surface area (Å²) in [6, 6.07) is 11.8. The number of aliphatic hydroxyl groups excluding tert-OH is 1. The van der Waals surface area contributed by atoms with Crippen LogP contribution in [0.5, 0.6) is 11.5 Å². The minimum Gasteiger partial charge on any atom is -0.507 e. The molecular formula is C27H33N2O6+. The molecule has 1 atom stereocenters. The highest BCUT2D eigenvalue weighted by Crippen LogP contribution is 2.41. The molecule has 2 aromatic carbocycles. The van der Waals surface area contributed by atoms with Gasteiger partial charge in [-0.2, -0.15) is 0 Å². The Labute approximate surface area is 205 Å². The fraction of sp³-hybridized carbons (Fsp3) is 0.407. The van der Waals surface area contributed by atoms with E-state index >= 15 is 0 Å². The Morgan fingerprint density at radius 1 is 1.06 bits per heavy atom. The van der Waals surface area contributed by atoms with E-state index in [2.05, 4.69) is 0 Å². The number of likely N-dealkylation sites (tertiary alicyclic amines) is 1. The first kappa shape index (κ1) is 24.8. The number of Topliss-reactive ketones (excluding diaryl/α,β-unsaturated/α-hetero) is 1. The van der Waals surface area contributed by atoms with E-state index in [1.807, 2.05) is 19.1 Å². The van der Waals surface area contributed by atoms with Crippen LogP contribution in [0, 0.1) is 6.92 Å². The first-order chi connectivity index (χ1) is 16.9. The van der Waals surface area contributed by atoms with Gasteiger partial charge < -0.3 is 29.1 Å². The number of aliphatic hydroxyl groups is 1. The van der Waals surface area contributed by atoms with Crippen LogP contribution in [0.15, 0.2) is 48.0 Å². The maximum absolute atomic E-state index is 13.2. The summed E-state index contributed by atoms with van der Waals surface area (Å²) in [6.07, 6.45) is 0.733. The molecule has 2 heterocycles. The number of morpholine rings is 1. The first-order valence-corrected chi connectivity index (χ1v) is 11.9. The number of rotatable bonds is 8. The summed E-state index contributed by atoms with van der Waals surface area (Å²) in [5, 5.41) is 11.2. The van der Waals surface area contributed by atoms with Crippen LogP contribution in [-0.2, 0) is 14.3 Å². The van der Waals surface area contributed by atoms with Gasteiger partial charge in [-0.25, -0.2) is 0 Å². The quantitative estimate of drug-likeness (QED) is 0.339. The highest BCUT2D eigenvalue weighted by Gasteiger charge is 2.46. The molecule has 186 valence electrons. The molecule has 0 radical (unpaired) electrons.